The van der Waals surface area contributed by atoms with Crippen molar-refractivity contribution in [2.45, 2.75) is 37.6 Å². The molecule has 0 spiro atoms. The standard InChI is InChI=1S/C24H29N7O2S/c1-17-5-8-20(9-6-17)26-24-28-22(27-23(25)29-24)16-30-11-13-31(14-12-30)34(32,33)21-10-7-18-3-2-4-19(18)15-21/h5-10,15H,2-4,11-14,16H2,1H3,(H3,25,26,27,28,29). The van der Waals surface area contributed by atoms with Crippen molar-refractivity contribution >= 4 is 27.6 Å². The maximum atomic E-state index is 13.2. The largest absolute Gasteiger partial charge is 0.368 e. The SMILES string of the molecule is Cc1ccc(Nc2nc(N)nc(CN3CCN(S(=O)(=O)c4ccc5c(c4)CCC5)CC3)n2)cc1. The summed E-state index contributed by atoms with van der Waals surface area (Å²) in [7, 11) is -3.50. The van der Waals surface area contributed by atoms with Gasteiger partial charge in [0.15, 0.2) is 0 Å². The Morgan fingerprint density at radius 2 is 1.68 bits per heavy atom. The minimum atomic E-state index is -3.50. The van der Waals surface area contributed by atoms with Gasteiger partial charge in [-0.05, 0) is 61.6 Å². The zero-order chi connectivity index (χ0) is 23.7. The van der Waals surface area contributed by atoms with Gasteiger partial charge in [-0.25, -0.2) is 8.42 Å². The Hall–Kier alpha value is -3.08. The van der Waals surface area contributed by atoms with Crippen molar-refractivity contribution in [2.75, 3.05) is 37.2 Å². The molecule has 1 fully saturated rings. The molecule has 0 radical (unpaired) electrons. The third-order valence-electron chi connectivity index (χ3n) is 6.41. The number of rotatable bonds is 6. The molecule has 2 heterocycles. The van der Waals surface area contributed by atoms with Gasteiger partial charge in [-0.3, -0.25) is 4.90 Å². The minimum Gasteiger partial charge on any atom is -0.368 e. The number of piperazine rings is 1. The maximum absolute atomic E-state index is 13.2. The highest BCUT2D eigenvalue weighted by Gasteiger charge is 2.29. The highest BCUT2D eigenvalue weighted by molar-refractivity contribution is 7.89. The van der Waals surface area contributed by atoms with Crippen molar-refractivity contribution in [3.8, 4) is 0 Å². The molecule has 0 unspecified atom stereocenters. The van der Waals surface area contributed by atoms with Gasteiger partial charge in [0.05, 0.1) is 11.4 Å². The van der Waals surface area contributed by atoms with Gasteiger partial charge in [0.25, 0.3) is 0 Å². The molecule has 0 saturated carbocycles. The Labute approximate surface area is 200 Å². The van der Waals surface area contributed by atoms with Gasteiger partial charge in [0.1, 0.15) is 5.82 Å². The van der Waals surface area contributed by atoms with Crippen LogP contribution in [0.25, 0.3) is 0 Å². The molecule has 1 saturated heterocycles. The predicted octanol–water partition coefficient (Wildman–Crippen LogP) is 2.50. The number of nitrogens with zero attached hydrogens (tertiary/aromatic N) is 5. The molecule has 178 valence electrons. The number of sulfonamides is 1. The fraction of sp³-hybridized carbons (Fsp3) is 0.375. The number of anilines is 3. The van der Waals surface area contributed by atoms with Crippen LogP contribution in [0.5, 0.6) is 0 Å². The second kappa shape index (κ2) is 9.28. The number of hydrogen-bond acceptors (Lipinski definition) is 8. The third kappa shape index (κ3) is 4.89. The van der Waals surface area contributed by atoms with Gasteiger partial charge in [0, 0.05) is 31.9 Å². The summed E-state index contributed by atoms with van der Waals surface area (Å²) in [5, 5.41) is 3.16. The Kier molecular flexibility index (Phi) is 6.20. The Balaban J connectivity index is 1.22. The minimum absolute atomic E-state index is 0.150. The molecule has 5 rings (SSSR count). The quantitative estimate of drug-likeness (QED) is 0.554. The Bertz CT molecular complexity index is 1290. The summed E-state index contributed by atoms with van der Waals surface area (Å²) in [6, 6.07) is 13.5. The molecule has 10 heteroatoms. The molecule has 1 aromatic heterocycles. The van der Waals surface area contributed by atoms with Crippen LogP contribution in [0.1, 0.15) is 28.9 Å². The zero-order valence-electron chi connectivity index (χ0n) is 19.2. The molecule has 2 aromatic carbocycles. The Morgan fingerprint density at radius 3 is 2.44 bits per heavy atom. The summed E-state index contributed by atoms with van der Waals surface area (Å²) in [6.45, 7) is 4.54. The van der Waals surface area contributed by atoms with Gasteiger partial charge in [-0.1, -0.05) is 23.8 Å². The lowest BCUT2D eigenvalue weighted by Crippen LogP contribution is -2.48. The van der Waals surface area contributed by atoms with E-state index in [1.165, 1.54) is 16.7 Å². The van der Waals surface area contributed by atoms with Gasteiger partial charge < -0.3 is 11.1 Å². The highest BCUT2D eigenvalue weighted by atomic mass is 32.2. The van der Waals surface area contributed by atoms with Crippen LogP contribution in [-0.4, -0.2) is 58.8 Å². The normalized spacial score (nSPS) is 17.0. The smallest absolute Gasteiger partial charge is 0.243 e. The van der Waals surface area contributed by atoms with Crippen molar-refractivity contribution in [1.82, 2.24) is 24.2 Å². The van der Waals surface area contributed by atoms with Crippen LogP contribution >= 0.6 is 0 Å². The summed E-state index contributed by atoms with van der Waals surface area (Å²) in [5.41, 5.74) is 10.4. The molecule has 0 bridgehead atoms. The average Bonchev–Trinajstić information content (AvgIpc) is 3.29. The van der Waals surface area contributed by atoms with E-state index < -0.39 is 10.0 Å². The summed E-state index contributed by atoms with van der Waals surface area (Å²) in [4.78, 5) is 15.5. The molecule has 3 aromatic rings. The molecular weight excluding hydrogens is 450 g/mol. The van der Waals surface area contributed by atoms with E-state index in [0.717, 1.165) is 24.9 Å². The van der Waals surface area contributed by atoms with Crippen LogP contribution in [0.4, 0.5) is 17.6 Å². The summed E-state index contributed by atoms with van der Waals surface area (Å²) in [6.07, 6.45) is 3.10. The number of hydrogen-bond donors (Lipinski definition) is 2. The number of fused-ring (bicyclic) bond motifs is 1. The molecule has 0 amide bonds. The molecule has 1 aliphatic heterocycles. The first-order valence-electron chi connectivity index (χ1n) is 11.6. The molecule has 9 nitrogen and oxygen atoms in total. The van der Waals surface area contributed by atoms with Crippen molar-refractivity contribution in [1.29, 1.82) is 0 Å². The first-order chi connectivity index (χ1) is 16.4. The van der Waals surface area contributed by atoms with Gasteiger partial charge in [-0.2, -0.15) is 19.3 Å². The van der Waals surface area contributed by atoms with Crippen LogP contribution in [-0.2, 0) is 29.4 Å². The number of nitrogens with one attached hydrogen (secondary N) is 1. The van der Waals surface area contributed by atoms with Crippen molar-refractivity contribution in [2.24, 2.45) is 0 Å². The van der Waals surface area contributed by atoms with Crippen molar-refractivity contribution < 1.29 is 8.42 Å². The summed E-state index contributed by atoms with van der Waals surface area (Å²) >= 11 is 0. The maximum Gasteiger partial charge on any atom is 0.243 e. The number of aromatic nitrogens is 3. The summed E-state index contributed by atoms with van der Waals surface area (Å²) < 4.78 is 27.9. The van der Waals surface area contributed by atoms with Crippen LogP contribution in [0.3, 0.4) is 0 Å². The fourth-order valence-corrected chi connectivity index (χ4v) is 5.99. The van der Waals surface area contributed by atoms with E-state index in [4.69, 9.17) is 5.73 Å². The number of aryl methyl sites for hydroxylation is 3. The van der Waals surface area contributed by atoms with Crippen LogP contribution in [0.15, 0.2) is 47.4 Å². The lowest BCUT2D eigenvalue weighted by molar-refractivity contribution is 0.178. The van der Waals surface area contributed by atoms with Crippen LogP contribution in [0.2, 0.25) is 0 Å². The predicted molar refractivity (Wildman–Crippen MR) is 131 cm³/mol. The van der Waals surface area contributed by atoms with Crippen LogP contribution < -0.4 is 11.1 Å². The molecule has 3 N–H and O–H groups in total. The monoisotopic (exact) mass is 479 g/mol. The van der Waals surface area contributed by atoms with E-state index in [-0.39, 0.29) is 5.95 Å². The van der Waals surface area contributed by atoms with Gasteiger partial charge in [-0.15, -0.1) is 0 Å². The highest BCUT2D eigenvalue weighted by Crippen LogP contribution is 2.27. The third-order valence-corrected chi connectivity index (χ3v) is 8.31. The number of benzene rings is 2. The van der Waals surface area contributed by atoms with E-state index in [1.807, 2.05) is 43.3 Å². The Morgan fingerprint density at radius 1 is 0.941 bits per heavy atom. The van der Waals surface area contributed by atoms with E-state index in [9.17, 15) is 8.42 Å². The number of nitrogen functional groups attached to an aromatic ring is 1. The van der Waals surface area contributed by atoms with E-state index >= 15 is 0 Å². The van der Waals surface area contributed by atoms with Gasteiger partial charge in [0.2, 0.25) is 21.9 Å². The molecular formula is C24H29N7O2S. The zero-order valence-corrected chi connectivity index (χ0v) is 20.1. The summed E-state index contributed by atoms with van der Waals surface area (Å²) in [5.74, 6) is 1.10. The fourth-order valence-electron chi connectivity index (χ4n) is 4.52. The van der Waals surface area contributed by atoms with Crippen LogP contribution in [0, 0.1) is 6.92 Å². The van der Waals surface area contributed by atoms with E-state index in [1.54, 1.807) is 10.4 Å². The molecule has 2 aliphatic rings. The second-order valence-corrected chi connectivity index (χ2v) is 10.8. The van der Waals surface area contributed by atoms with Crippen molar-refractivity contribution in [3.63, 3.8) is 0 Å². The van der Waals surface area contributed by atoms with E-state index in [2.05, 4.69) is 25.2 Å². The second-order valence-electron chi connectivity index (χ2n) is 8.89. The lowest BCUT2D eigenvalue weighted by atomic mass is 10.1. The van der Waals surface area contributed by atoms with Gasteiger partial charge >= 0.3 is 0 Å². The molecule has 34 heavy (non-hydrogen) atoms. The molecule has 1 aliphatic carbocycles. The lowest BCUT2D eigenvalue weighted by Gasteiger charge is -2.33. The first kappa shape index (κ1) is 22.7. The van der Waals surface area contributed by atoms with E-state index in [0.29, 0.717) is 49.4 Å². The average molecular weight is 480 g/mol. The number of nitrogens with two attached hydrogens (primary N) is 1. The van der Waals surface area contributed by atoms with Crippen molar-refractivity contribution in [3.05, 3.63) is 65.0 Å². The molecule has 0 atom stereocenters. The topological polar surface area (TPSA) is 117 Å². The first-order valence-corrected chi connectivity index (χ1v) is 13.0.